The lowest BCUT2D eigenvalue weighted by molar-refractivity contribution is -0.141. The molecular formula is C24H24F6N8O2. The normalized spacial score (nSPS) is 14.7. The molecule has 1 aliphatic rings. The Hall–Kier alpha value is -4.24. The zero-order valence-corrected chi connectivity index (χ0v) is 21.5. The Kier molecular flexibility index (Phi) is 7.72. The van der Waals surface area contributed by atoms with Gasteiger partial charge in [0, 0.05) is 25.0 Å². The molecular weight excluding hydrogens is 546 g/mol. The van der Waals surface area contributed by atoms with E-state index in [-0.39, 0.29) is 35.8 Å². The minimum Gasteiger partial charge on any atom is -0.444 e. The monoisotopic (exact) mass is 570 g/mol. The average Bonchev–Trinajstić information content (AvgIpc) is 2.87. The number of alkyl halides is 6. The van der Waals surface area contributed by atoms with Crippen LogP contribution in [0.3, 0.4) is 0 Å². The highest BCUT2D eigenvalue weighted by molar-refractivity contribution is 5.69. The average molecular weight is 570 g/mol. The zero-order chi connectivity index (χ0) is 29.3. The minimum atomic E-state index is -4.74. The first-order valence-electron chi connectivity index (χ1n) is 11.9. The molecule has 3 aromatic heterocycles. The van der Waals surface area contributed by atoms with Crippen LogP contribution in [0, 0.1) is 0 Å². The zero-order valence-electron chi connectivity index (χ0n) is 21.5. The number of nitrogens with one attached hydrogen (secondary N) is 1. The molecule has 1 amide bonds. The van der Waals surface area contributed by atoms with E-state index in [2.05, 4.69) is 30.2 Å². The number of rotatable bonds is 4. The fraction of sp³-hybridized carbons (Fsp3) is 0.417. The van der Waals surface area contributed by atoms with Gasteiger partial charge in [-0.1, -0.05) is 6.07 Å². The Labute approximate surface area is 224 Å². The lowest BCUT2D eigenvalue weighted by Crippen LogP contribution is -2.49. The third kappa shape index (κ3) is 7.24. The van der Waals surface area contributed by atoms with Crippen LogP contribution in [0.25, 0.3) is 11.5 Å². The second-order valence-electron chi connectivity index (χ2n) is 9.74. The number of amides is 1. The number of anilines is 3. The number of carbonyl (C=O) groups is 1. The molecule has 0 spiro atoms. The van der Waals surface area contributed by atoms with Crippen molar-refractivity contribution in [3.8, 4) is 11.5 Å². The van der Waals surface area contributed by atoms with Crippen LogP contribution in [0.5, 0.6) is 0 Å². The molecule has 1 aliphatic heterocycles. The summed E-state index contributed by atoms with van der Waals surface area (Å²) in [5, 5.41) is 2.63. The number of nitrogens with zero attached hydrogens (tertiary/aromatic N) is 7. The van der Waals surface area contributed by atoms with E-state index in [9.17, 15) is 31.1 Å². The number of hydrogen-bond donors (Lipinski definition) is 1. The lowest BCUT2D eigenvalue weighted by Gasteiger charge is -2.36. The van der Waals surface area contributed by atoms with Crippen LogP contribution < -0.4 is 10.2 Å². The van der Waals surface area contributed by atoms with Crippen LogP contribution in [0.15, 0.2) is 36.5 Å². The summed E-state index contributed by atoms with van der Waals surface area (Å²) in [6.07, 6.45) is -8.61. The van der Waals surface area contributed by atoms with E-state index in [1.165, 1.54) is 17.0 Å². The summed E-state index contributed by atoms with van der Waals surface area (Å²) < 4.78 is 84.8. The fourth-order valence-electron chi connectivity index (χ4n) is 3.62. The summed E-state index contributed by atoms with van der Waals surface area (Å²) in [7, 11) is 0. The van der Waals surface area contributed by atoms with Crippen molar-refractivity contribution >= 4 is 23.7 Å². The van der Waals surface area contributed by atoms with Gasteiger partial charge in [0.25, 0.3) is 0 Å². The van der Waals surface area contributed by atoms with Crippen LogP contribution in [-0.4, -0.2) is 61.3 Å². The van der Waals surface area contributed by atoms with E-state index in [4.69, 9.17) is 4.74 Å². The first kappa shape index (κ1) is 28.8. The Morgan fingerprint density at radius 1 is 0.925 bits per heavy atom. The Balaban J connectivity index is 1.72. The maximum Gasteiger partial charge on any atom is 0.433 e. The van der Waals surface area contributed by atoms with E-state index in [0.29, 0.717) is 19.5 Å². The van der Waals surface area contributed by atoms with Crippen molar-refractivity contribution in [2.24, 2.45) is 0 Å². The standard InChI is InChI=1S/C24H24F6N8O2/c1-22(2,3)40-21(39)38-11-5-10-37(13-38)20-35-18(15-6-4-7-16(33-15)23(25,26)27)34-19(36-20)32-14-8-9-31-17(12-14)24(28,29)30/h4,6-9,12H,5,10-11,13H2,1-3H3,(H,31,32,34,35,36). The Morgan fingerprint density at radius 2 is 1.65 bits per heavy atom. The van der Waals surface area contributed by atoms with Crippen molar-refractivity contribution in [2.75, 3.05) is 30.0 Å². The van der Waals surface area contributed by atoms with E-state index in [1.54, 1.807) is 25.7 Å². The smallest absolute Gasteiger partial charge is 0.433 e. The van der Waals surface area contributed by atoms with Gasteiger partial charge in [-0.05, 0) is 51.5 Å². The molecule has 1 saturated heterocycles. The number of aromatic nitrogens is 5. The second-order valence-corrected chi connectivity index (χ2v) is 9.74. The molecule has 0 aliphatic carbocycles. The highest BCUT2D eigenvalue weighted by atomic mass is 19.4. The van der Waals surface area contributed by atoms with Gasteiger partial charge in [-0.2, -0.15) is 41.3 Å². The van der Waals surface area contributed by atoms with Gasteiger partial charge in [0.05, 0.1) is 6.67 Å². The summed E-state index contributed by atoms with van der Waals surface area (Å²) in [6.45, 7) is 5.88. The predicted molar refractivity (Wildman–Crippen MR) is 130 cm³/mol. The Morgan fingerprint density at radius 3 is 2.33 bits per heavy atom. The second kappa shape index (κ2) is 10.7. The van der Waals surface area contributed by atoms with Crippen molar-refractivity contribution in [1.29, 1.82) is 0 Å². The molecule has 0 radical (unpaired) electrons. The molecule has 4 rings (SSSR count). The molecule has 0 atom stereocenters. The summed E-state index contributed by atoms with van der Waals surface area (Å²) in [4.78, 5) is 35.2. The van der Waals surface area contributed by atoms with Crippen LogP contribution in [0.1, 0.15) is 38.6 Å². The van der Waals surface area contributed by atoms with Crippen LogP contribution in [-0.2, 0) is 17.1 Å². The first-order chi connectivity index (χ1) is 18.6. The molecule has 3 aromatic rings. The van der Waals surface area contributed by atoms with Gasteiger partial charge >= 0.3 is 18.4 Å². The molecule has 1 N–H and O–H groups in total. The van der Waals surface area contributed by atoms with E-state index in [1.807, 2.05) is 0 Å². The minimum absolute atomic E-state index is 0.0126. The van der Waals surface area contributed by atoms with Gasteiger partial charge in [-0.25, -0.2) is 9.78 Å². The molecule has 4 heterocycles. The number of carbonyl (C=O) groups excluding carboxylic acids is 1. The van der Waals surface area contributed by atoms with Crippen molar-refractivity contribution < 1.29 is 35.9 Å². The lowest BCUT2D eigenvalue weighted by atomic mass is 10.2. The van der Waals surface area contributed by atoms with E-state index < -0.39 is 35.4 Å². The van der Waals surface area contributed by atoms with Gasteiger partial charge in [0.2, 0.25) is 11.9 Å². The molecule has 10 nitrogen and oxygen atoms in total. The van der Waals surface area contributed by atoms with Gasteiger partial charge in [0.1, 0.15) is 22.7 Å². The highest BCUT2D eigenvalue weighted by Crippen LogP contribution is 2.31. The van der Waals surface area contributed by atoms with Crippen molar-refractivity contribution in [2.45, 2.75) is 45.1 Å². The van der Waals surface area contributed by atoms with Crippen molar-refractivity contribution in [3.63, 3.8) is 0 Å². The number of halogens is 6. The van der Waals surface area contributed by atoms with Crippen molar-refractivity contribution in [3.05, 3.63) is 47.9 Å². The van der Waals surface area contributed by atoms with Gasteiger partial charge < -0.3 is 15.0 Å². The molecule has 214 valence electrons. The Bertz CT molecular complexity index is 1380. The number of pyridine rings is 2. The summed E-state index contributed by atoms with van der Waals surface area (Å²) in [5.74, 6) is -0.559. The molecule has 1 fully saturated rings. The molecule has 16 heteroatoms. The van der Waals surface area contributed by atoms with Gasteiger partial charge in [-0.15, -0.1) is 0 Å². The van der Waals surface area contributed by atoms with Crippen LogP contribution in [0.4, 0.5) is 48.7 Å². The van der Waals surface area contributed by atoms with Crippen LogP contribution >= 0.6 is 0 Å². The SMILES string of the molecule is CC(C)(C)OC(=O)N1CCCN(c2nc(Nc3ccnc(C(F)(F)F)c3)nc(-c3cccc(C(F)(F)F)n3)n2)C1. The number of hydrogen-bond acceptors (Lipinski definition) is 9. The van der Waals surface area contributed by atoms with Gasteiger partial charge in [-0.3, -0.25) is 9.88 Å². The summed E-state index contributed by atoms with van der Waals surface area (Å²) in [6, 6.07) is 5.15. The number of ether oxygens (including phenoxy) is 1. The van der Waals surface area contributed by atoms with E-state index in [0.717, 1.165) is 24.4 Å². The topological polar surface area (TPSA) is 109 Å². The molecule has 0 bridgehead atoms. The van der Waals surface area contributed by atoms with E-state index >= 15 is 0 Å². The molecule has 40 heavy (non-hydrogen) atoms. The maximum absolute atomic E-state index is 13.3. The molecule has 0 aromatic carbocycles. The highest BCUT2D eigenvalue weighted by Gasteiger charge is 2.34. The summed E-state index contributed by atoms with van der Waals surface area (Å²) in [5.41, 5.74) is -3.41. The fourth-order valence-corrected chi connectivity index (χ4v) is 3.62. The predicted octanol–water partition coefficient (Wildman–Crippen LogP) is 5.51. The summed E-state index contributed by atoms with van der Waals surface area (Å²) >= 11 is 0. The largest absolute Gasteiger partial charge is 0.444 e. The van der Waals surface area contributed by atoms with Crippen molar-refractivity contribution in [1.82, 2.24) is 29.8 Å². The molecule has 0 unspecified atom stereocenters. The quantitative estimate of drug-likeness (QED) is 0.406. The first-order valence-corrected chi connectivity index (χ1v) is 11.9. The van der Waals surface area contributed by atoms with Crippen LogP contribution in [0.2, 0.25) is 0 Å². The maximum atomic E-state index is 13.3. The molecule has 0 saturated carbocycles. The third-order valence-electron chi connectivity index (χ3n) is 5.33. The van der Waals surface area contributed by atoms with Gasteiger partial charge in [0.15, 0.2) is 5.82 Å². The third-order valence-corrected chi connectivity index (χ3v) is 5.33.